The SMILES string of the molecule is CNC(=O)Cn1c(C(C)Cl)nc2cccc(Cl)c21. The minimum Gasteiger partial charge on any atom is -0.358 e. The number of alkyl halides is 1. The zero-order valence-corrected chi connectivity index (χ0v) is 11.6. The zero-order valence-electron chi connectivity index (χ0n) is 10.1. The maximum atomic E-state index is 11.6. The van der Waals surface area contributed by atoms with Crippen molar-refractivity contribution in [1.82, 2.24) is 14.9 Å². The number of rotatable bonds is 3. The lowest BCUT2D eigenvalue weighted by atomic mass is 10.3. The largest absolute Gasteiger partial charge is 0.358 e. The highest BCUT2D eigenvalue weighted by atomic mass is 35.5. The quantitative estimate of drug-likeness (QED) is 0.882. The summed E-state index contributed by atoms with van der Waals surface area (Å²) in [6.45, 7) is 1.97. The summed E-state index contributed by atoms with van der Waals surface area (Å²) in [4.78, 5) is 16.0. The van der Waals surface area contributed by atoms with Crippen LogP contribution in [0.2, 0.25) is 5.02 Å². The summed E-state index contributed by atoms with van der Waals surface area (Å²) in [7, 11) is 1.59. The number of likely N-dealkylation sites (N-methyl/N-ethyl adjacent to an activating group) is 1. The van der Waals surface area contributed by atoms with Gasteiger partial charge in [0.15, 0.2) is 0 Å². The van der Waals surface area contributed by atoms with Gasteiger partial charge < -0.3 is 9.88 Å². The molecule has 6 heteroatoms. The van der Waals surface area contributed by atoms with Gasteiger partial charge >= 0.3 is 0 Å². The summed E-state index contributed by atoms with van der Waals surface area (Å²) in [6, 6.07) is 5.45. The van der Waals surface area contributed by atoms with Crippen LogP contribution in [0, 0.1) is 0 Å². The Labute approximate surface area is 115 Å². The van der Waals surface area contributed by atoms with Gasteiger partial charge in [-0.1, -0.05) is 17.7 Å². The van der Waals surface area contributed by atoms with Crippen molar-refractivity contribution in [2.24, 2.45) is 0 Å². The lowest BCUT2D eigenvalue weighted by Gasteiger charge is -2.10. The molecule has 1 N–H and O–H groups in total. The van der Waals surface area contributed by atoms with Gasteiger partial charge in [-0.05, 0) is 19.1 Å². The molecule has 0 bridgehead atoms. The molecule has 0 radical (unpaired) electrons. The van der Waals surface area contributed by atoms with E-state index >= 15 is 0 Å². The summed E-state index contributed by atoms with van der Waals surface area (Å²) in [5, 5.41) is 2.85. The van der Waals surface area contributed by atoms with Crippen LogP contribution in [-0.2, 0) is 11.3 Å². The Morgan fingerprint density at radius 3 is 2.89 bits per heavy atom. The first-order valence-electron chi connectivity index (χ1n) is 5.54. The van der Waals surface area contributed by atoms with Gasteiger partial charge in [-0.25, -0.2) is 4.98 Å². The van der Waals surface area contributed by atoms with E-state index in [1.807, 2.05) is 19.1 Å². The third-order valence-corrected chi connectivity index (χ3v) is 3.18. The Bertz CT molecular complexity index is 592. The minimum atomic E-state index is -0.293. The predicted molar refractivity (Wildman–Crippen MR) is 73.1 cm³/mol. The number of hydrogen-bond donors (Lipinski definition) is 1. The van der Waals surface area contributed by atoms with Gasteiger partial charge in [-0.3, -0.25) is 4.79 Å². The number of nitrogens with one attached hydrogen (secondary N) is 1. The molecule has 1 atom stereocenters. The van der Waals surface area contributed by atoms with Crippen molar-refractivity contribution in [3.63, 3.8) is 0 Å². The third kappa shape index (κ3) is 2.31. The molecule has 1 aromatic heterocycles. The molecule has 0 fully saturated rings. The molecule has 1 heterocycles. The van der Waals surface area contributed by atoms with Crippen molar-refractivity contribution < 1.29 is 4.79 Å². The molecular weight excluding hydrogens is 273 g/mol. The number of carbonyl (C=O) groups excluding carboxylic acids is 1. The number of imidazole rings is 1. The van der Waals surface area contributed by atoms with Gasteiger partial charge in [-0.15, -0.1) is 11.6 Å². The predicted octanol–water partition coefficient (Wildman–Crippen LogP) is 2.74. The minimum absolute atomic E-state index is 0.118. The molecule has 2 rings (SSSR count). The maximum Gasteiger partial charge on any atom is 0.239 e. The van der Waals surface area contributed by atoms with E-state index in [9.17, 15) is 4.79 Å². The van der Waals surface area contributed by atoms with Crippen LogP contribution in [0.1, 0.15) is 18.1 Å². The van der Waals surface area contributed by atoms with Crippen molar-refractivity contribution in [1.29, 1.82) is 0 Å². The number of hydrogen-bond acceptors (Lipinski definition) is 2. The van der Waals surface area contributed by atoms with Crippen molar-refractivity contribution in [2.75, 3.05) is 7.05 Å². The summed E-state index contributed by atoms with van der Waals surface area (Å²) >= 11 is 12.3. The molecule has 1 unspecified atom stereocenters. The van der Waals surface area contributed by atoms with Crippen LogP contribution in [-0.4, -0.2) is 22.5 Å². The fraction of sp³-hybridized carbons (Fsp3) is 0.333. The smallest absolute Gasteiger partial charge is 0.239 e. The second-order valence-electron chi connectivity index (χ2n) is 3.95. The third-order valence-electron chi connectivity index (χ3n) is 2.68. The van der Waals surface area contributed by atoms with Gasteiger partial charge in [0.1, 0.15) is 12.4 Å². The molecule has 1 aromatic carbocycles. The van der Waals surface area contributed by atoms with E-state index in [1.165, 1.54) is 0 Å². The second-order valence-corrected chi connectivity index (χ2v) is 5.01. The molecule has 4 nitrogen and oxygen atoms in total. The number of amides is 1. The normalized spacial score (nSPS) is 12.7. The Balaban J connectivity index is 2.65. The molecule has 18 heavy (non-hydrogen) atoms. The van der Waals surface area contributed by atoms with Gasteiger partial charge in [0.2, 0.25) is 5.91 Å². The topological polar surface area (TPSA) is 46.9 Å². The lowest BCUT2D eigenvalue weighted by molar-refractivity contribution is -0.121. The fourth-order valence-electron chi connectivity index (χ4n) is 1.85. The lowest BCUT2D eigenvalue weighted by Crippen LogP contribution is -2.24. The molecular formula is C12H13Cl2N3O. The monoisotopic (exact) mass is 285 g/mol. The average molecular weight is 286 g/mol. The molecule has 0 saturated carbocycles. The number of nitrogens with zero attached hydrogens (tertiary/aromatic N) is 2. The fourth-order valence-corrected chi connectivity index (χ4v) is 2.28. The summed E-state index contributed by atoms with van der Waals surface area (Å²) < 4.78 is 1.76. The summed E-state index contributed by atoms with van der Waals surface area (Å²) in [5.74, 6) is 0.524. The Morgan fingerprint density at radius 1 is 1.56 bits per heavy atom. The van der Waals surface area contributed by atoms with E-state index < -0.39 is 0 Å². The van der Waals surface area contributed by atoms with Crippen LogP contribution < -0.4 is 5.32 Å². The molecule has 0 aliphatic carbocycles. The van der Waals surface area contributed by atoms with E-state index in [4.69, 9.17) is 23.2 Å². The van der Waals surface area contributed by atoms with Crippen LogP contribution >= 0.6 is 23.2 Å². The van der Waals surface area contributed by atoms with Crippen LogP contribution in [0.3, 0.4) is 0 Å². The number of para-hydroxylation sites is 1. The van der Waals surface area contributed by atoms with E-state index in [0.717, 1.165) is 11.0 Å². The van der Waals surface area contributed by atoms with Crippen LogP contribution in [0.15, 0.2) is 18.2 Å². The van der Waals surface area contributed by atoms with Crippen molar-refractivity contribution in [3.05, 3.63) is 29.0 Å². The standard InChI is InChI=1S/C12H13Cl2N3O/c1-7(13)12-16-9-5-3-4-8(14)11(9)17(12)6-10(18)15-2/h3-5,7H,6H2,1-2H3,(H,15,18). The molecule has 0 spiro atoms. The number of halogens is 2. The van der Waals surface area contributed by atoms with E-state index in [1.54, 1.807) is 17.7 Å². The van der Waals surface area contributed by atoms with Gasteiger partial charge in [0.25, 0.3) is 0 Å². The van der Waals surface area contributed by atoms with Crippen LogP contribution in [0.4, 0.5) is 0 Å². The molecule has 2 aromatic rings. The highest BCUT2D eigenvalue weighted by Crippen LogP contribution is 2.29. The number of carbonyl (C=O) groups is 1. The number of benzene rings is 1. The van der Waals surface area contributed by atoms with Gasteiger partial charge in [-0.2, -0.15) is 0 Å². The first-order valence-corrected chi connectivity index (χ1v) is 6.35. The number of aromatic nitrogens is 2. The zero-order chi connectivity index (χ0) is 13.3. The molecule has 0 aliphatic rings. The molecule has 0 saturated heterocycles. The molecule has 96 valence electrons. The van der Waals surface area contributed by atoms with Crippen LogP contribution in [0.5, 0.6) is 0 Å². The van der Waals surface area contributed by atoms with Crippen molar-refractivity contribution in [2.45, 2.75) is 18.8 Å². The Kier molecular flexibility index (Phi) is 3.78. The van der Waals surface area contributed by atoms with Crippen molar-refractivity contribution >= 4 is 40.1 Å². The average Bonchev–Trinajstić information content (AvgIpc) is 2.69. The van der Waals surface area contributed by atoms with E-state index in [2.05, 4.69) is 10.3 Å². The Hall–Kier alpha value is -1.26. The molecule has 0 aliphatic heterocycles. The first kappa shape index (κ1) is 13.2. The Morgan fingerprint density at radius 2 is 2.28 bits per heavy atom. The summed E-state index contributed by atoms with van der Waals surface area (Å²) in [5.41, 5.74) is 1.49. The van der Waals surface area contributed by atoms with Gasteiger partial charge in [0, 0.05) is 7.05 Å². The van der Waals surface area contributed by atoms with Crippen LogP contribution in [0.25, 0.3) is 11.0 Å². The highest BCUT2D eigenvalue weighted by molar-refractivity contribution is 6.35. The summed E-state index contributed by atoms with van der Waals surface area (Å²) in [6.07, 6.45) is 0. The van der Waals surface area contributed by atoms with E-state index in [-0.39, 0.29) is 17.8 Å². The number of fused-ring (bicyclic) bond motifs is 1. The first-order chi connectivity index (χ1) is 8.54. The second kappa shape index (κ2) is 5.16. The molecule has 1 amide bonds. The maximum absolute atomic E-state index is 11.6. The highest BCUT2D eigenvalue weighted by Gasteiger charge is 2.18. The van der Waals surface area contributed by atoms with Crippen molar-refractivity contribution in [3.8, 4) is 0 Å². The van der Waals surface area contributed by atoms with E-state index in [0.29, 0.717) is 10.8 Å². The van der Waals surface area contributed by atoms with Gasteiger partial charge in [0.05, 0.1) is 21.4 Å².